The second-order valence-corrected chi connectivity index (χ2v) is 6.53. The summed E-state index contributed by atoms with van der Waals surface area (Å²) in [7, 11) is -2.96. The summed E-state index contributed by atoms with van der Waals surface area (Å²) >= 11 is 0. The van der Waals surface area contributed by atoms with Crippen LogP contribution in [0.1, 0.15) is 31.2 Å². The van der Waals surface area contributed by atoms with Crippen LogP contribution in [0.5, 0.6) is 0 Å². The number of aliphatic hydroxyl groups is 1. The SMILES string of the molecule is CCCS(=O)(=O)CCC(CO)c1ccccc1. The van der Waals surface area contributed by atoms with Gasteiger partial charge in [0.05, 0.1) is 5.75 Å². The Labute approximate surface area is 103 Å². The van der Waals surface area contributed by atoms with Crippen molar-refractivity contribution in [2.24, 2.45) is 0 Å². The molecule has 1 atom stereocenters. The third-order valence-corrected chi connectivity index (χ3v) is 4.67. The van der Waals surface area contributed by atoms with E-state index in [9.17, 15) is 13.5 Å². The van der Waals surface area contributed by atoms with Gasteiger partial charge in [-0.1, -0.05) is 37.3 Å². The van der Waals surface area contributed by atoms with E-state index in [0.29, 0.717) is 12.8 Å². The normalized spacial score (nSPS) is 13.5. The van der Waals surface area contributed by atoms with E-state index >= 15 is 0 Å². The Bertz CT molecular complexity index is 412. The highest BCUT2D eigenvalue weighted by Crippen LogP contribution is 2.19. The molecule has 0 saturated heterocycles. The van der Waals surface area contributed by atoms with E-state index in [4.69, 9.17) is 0 Å². The molecule has 0 fully saturated rings. The summed E-state index contributed by atoms with van der Waals surface area (Å²) in [6.45, 7) is 1.85. The Balaban J connectivity index is 2.60. The Morgan fingerprint density at radius 2 is 1.82 bits per heavy atom. The summed E-state index contributed by atoms with van der Waals surface area (Å²) in [5.74, 6) is 0.309. The van der Waals surface area contributed by atoms with Crippen LogP contribution < -0.4 is 0 Å². The van der Waals surface area contributed by atoms with Gasteiger partial charge in [-0.15, -0.1) is 0 Å². The van der Waals surface area contributed by atoms with Crippen molar-refractivity contribution in [2.45, 2.75) is 25.7 Å². The van der Waals surface area contributed by atoms with E-state index in [1.807, 2.05) is 37.3 Å². The van der Waals surface area contributed by atoms with Crippen molar-refractivity contribution in [3.8, 4) is 0 Å². The van der Waals surface area contributed by atoms with Crippen LogP contribution >= 0.6 is 0 Å². The highest BCUT2D eigenvalue weighted by Gasteiger charge is 2.15. The van der Waals surface area contributed by atoms with Crippen molar-refractivity contribution in [3.63, 3.8) is 0 Å². The zero-order chi connectivity index (χ0) is 12.7. The van der Waals surface area contributed by atoms with Gasteiger partial charge < -0.3 is 5.11 Å². The average molecular weight is 256 g/mol. The molecule has 0 spiro atoms. The maximum absolute atomic E-state index is 11.6. The largest absolute Gasteiger partial charge is 0.396 e. The molecule has 1 N–H and O–H groups in total. The van der Waals surface area contributed by atoms with Crippen LogP contribution in [0.3, 0.4) is 0 Å². The summed E-state index contributed by atoms with van der Waals surface area (Å²) < 4.78 is 23.2. The molecule has 4 heteroatoms. The molecule has 0 radical (unpaired) electrons. The summed E-state index contributed by atoms with van der Waals surface area (Å²) in [6.07, 6.45) is 1.14. The standard InChI is InChI=1S/C13H20O3S/c1-2-9-17(15,16)10-8-13(11-14)12-6-4-3-5-7-12/h3-7,13-14H,2,8-11H2,1H3. The summed E-state index contributed by atoms with van der Waals surface area (Å²) in [5, 5.41) is 9.31. The van der Waals surface area contributed by atoms with Crippen LogP contribution in [0.4, 0.5) is 0 Å². The number of benzene rings is 1. The highest BCUT2D eigenvalue weighted by molar-refractivity contribution is 7.91. The number of rotatable bonds is 7. The molecular weight excluding hydrogens is 236 g/mol. The van der Waals surface area contributed by atoms with E-state index in [2.05, 4.69) is 0 Å². The van der Waals surface area contributed by atoms with E-state index in [0.717, 1.165) is 5.56 Å². The summed E-state index contributed by atoms with van der Waals surface area (Å²) in [6, 6.07) is 9.56. The fourth-order valence-corrected chi connectivity index (χ4v) is 3.29. The third-order valence-electron chi connectivity index (χ3n) is 2.78. The predicted octanol–water partition coefficient (Wildman–Crippen LogP) is 1.98. The molecule has 0 saturated carbocycles. The number of hydrogen-bond acceptors (Lipinski definition) is 3. The molecule has 96 valence electrons. The van der Waals surface area contributed by atoms with Gasteiger partial charge in [0.1, 0.15) is 9.84 Å². The van der Waals surface area contributed by atoms with Crippen LogP contribution in [0.15, 0.2) is 30.3 Å². The lowest BCUT2D eigenvalue weighted by atomic mass is 9.98. The first-order valence-corrected chi connectivity index (χ1v) is 7.77. The monoisotopic (exact) mass is 256 g/mol. The molecule has 3 nitrogen and oxygen atoms in total. The van der Waals surface area contributed by atoms with Crippen molar-refractivity contribution >= 4 is 9.84 Å². The van der Waals surface area contributed by atoms with E-state index in [-0.39, 0.29) is 24.0 Å². The lowest BCUT2D eigenvalue weighted by Crippen LogP contribution is -2.15. The predicted molar refractivity (Wildman–Crippen MR) is 69.8 cm³/mol. The quantitative estimate of drug-likeness (QED) is 0.811. The third kappa shape index (κ3) is 4.88. The number of sulfone groups is 1. The molecule has 0 aliphatic heterocycles. The molecule has 0 aliphatic carbocycles. The minimum absolute atomic E-state index is 0.00828. The maximum Gasteiger partial charge on any atom is 0.150 e. The van der Waals surface area contributed by atoms with Crippen molar-refractivity contribution in [2.75, 3.05) is 18.1 Å². The Hall–Kier alpha value is -0.870. The average Bonchev–Trinajstić information content (AvgIpc) is 2.31. The molecule has 0 bridgehead atoms. The molecule has 1 aromatic rings. The zero-order valence-corrected chi connectivity index (χ0v) is 11.0. The van der Waals surface area contributed by atoms with Gasteiger partial charge in [0.2, 0.25) is 0 Å². The number of hydrogen-bond donors (Lipinski definition) is 1. The first kappa shape index (κ1) is 14.2. The smallest absolute Gasteiger partial charge is 0.150 e. The molecular formula is C13H20O3S. The van der Waals surface area contributed by atoms with Gasteiger partial charge in [0.25, 0.3) is 0 Å². The van der Waals surface area contributed by atoms with Crippen molar-refractivity contribution in [1.82, 2.24) is 0 Å². The van der Waals surface area contributed by atoms with Crippen molar-refractivity contribution < 1.29 is 13.5 Å². The lowest BCUT2D eigenvalue weighted by Gasteiger charge is -2.14. The Kier molecular flexibility index (Phi) is 5.65. The van der Waals surface area contributed by atoms with Gasteiger partial charge >= 0.3 is 0 Å². The Morgan fingerprint density at radius 1 is 1.18 bits per heavy atom. The van der Waals surface area contributed by atoms with Crippen molar-refractivity contribution in [3.05, 3.63) is 35.9 Å². The topological polar surface area (TPSA) is 54.4 Å². The van der Waals surface area contributed by atoms with Gasteiger partial charge in [0, 0.05) is 18.3 Å². The highest BCUT2D eigenvalue weighted by atomic mass is 32.2. The molecule has 0 aromatic heterocycles. The van der Waals surface area contributed by atoms with E-state index in [1.165, 1.54) is 0 Å². The zero-order valence-electron chi connectivity index (χ0n) is 10.2. The van der Waals surface area contributed by atoms with E-state index in [1.54, 1.807) is 0 Å². The lowest BCUT2D eigenvalue weighted by molar-refractivity contribution is 0.262. The van der Waals surface area contributed by atoms with Gasteiger partial charge in [-0.2, -0.15) is 0 Å². The molecule has 0 aliphatic rings. The fraction of sp³-hybridized carbons (Fsp3) is 0.538. The second kappa shape index (κ2) is 6.77. The molecule has 1 aromatic carbocycles. The molecule has 0 heterocycles. The number of aliphatic hydroxyl groups excluding tert-OH is 1. The first-order valence-electron chi connectivity index (χ1n) is 5.95. The Morgan fingerprint density at radius 3 is 2.35 bits per heavy atom. The molecule has 1 rings (SSSR count). The fourth-order valence-electron chi connectivity index (χ4n) is 1.82. The van der Waals surface area contributed by atoms with Crippen LogP contribution in [-0.2, 0) is 9.84 Å². The van der Waals surface area contributed by atoms with Crippen molar-refractivity contribution in [1.29, 1.82) is 0 Å². The molecule has 0 amide bonds. The minimum atomic E-state index is -2.96. The maximum atomic E-state index is 11.6. The molecule has 1 unspecified atom stereocenters. The second-order valence-electron chi connectivity index (χ2n) is 4.23. The van der Waals surface area contributed by atoms with Gasteiger partial charge in [-0.25, -0.2) is 8.42 Å². The first-order chi connectivity index (χ1) is 8.09. The van der Waals surface area contributed by atoms with Gasteiger partial charge in [0.15, 0.2) is 0 Å². The van der Waals surface area contributed by atoms with Crippen LogP contribution in [0.25, 0.3) is 0 Å². The molecule has 17 heavy (non-hydrogen) atoms. The van der Waals surface area contributed by atoms with Crippen LogP contribution in [0.2, 0.25) is 0 Å². The summed E-state index contributed by atoms with van der Waals surface area (Å²) in [5.41, 5.74) is 1.00. The summed E-state index contributed by atoms with van der Waals surface area (Å²) in [4.78, 5) is 0. The van der Waals surface area contributed by atoms with Crippen LogP contribution in [0, 0.1) is 0 Å². The van der Waals surface area contributed by atoms with E-state index < -0.39 is 9.84 Å². The van der Waals surface area contributed by atoms with Gasteiger partial charge in [-0.3, -0.25) is 0 Å². The minimum Gasteiger partial charge on any atom is -0.396 e. The van der Waals surface area contributed by atoms with Crippen LogP contribution in [-0.4, -0.2) is 31.6 Å². The van der Waals surface area contributed by atoms with Gasteiger partial charge in [-0.05, 0) is 18.4 Å².